The Balaban J connectivity index is 2.04. The lowest BCUT2D eigenvalue weighted by molar-refractivity contribution is -0.315. The summed E-state index contributed by atoms with van der Waals surface area (Å²) in [6, 6.07) is 11.6. The summed E-state index contributed by atoms with van der Waals surface area (Å²) in [5, 5.41) is 21.3. The molecule has 1 unspecified atom stereocenters. The van der Waals surface area contributed by atoms with Crippen LogP contribution >= 0.6 is 0 Å². The average molecular weight is 326 g/mol. The van der Waals surface area contributed by atoms with E-state index in [2.05, 4.69) is 29.8 Å². The van der Waals surface area contributed by atoms with Gasteiger partial charge in [0, 0.05) is 23.9 Å². The first-order valence-corrected chi connectivity index (χ1v) is 8.70. The summed E-state index contributed by atoms with van der Waals surface area (Å²) in [5.41, 5.74) is 2.59. The van der Waals surface area contributed by atoms with Crippen LogP contribution in [0.2, 0.25) is 0 Å². The van der Waals surface area contributed by atoms with Gasteiger partial charge in [-0.1, -0.05) is 37.1 Å². The number of hydrogen-bond acceptors (Lipinski definition) is 3. The quantitative estimate of drug-likeness (QED) is 0.886. The molecule has 1 heterocycles. The lowest BCUT2D eigenvalue weighted by atomic mass is 9.72. The minimum atomic E-state index is -1.57. The predicted molar refractivity (Wildman–Crippen MR) is 90.4 cm³/mol. The second kappa shape index (κ2) is 6.81. The average Bonchev–Trinajstić information content (AvgIpc) is 3.24. The summed E-state index contributed by atoms with van der Waals surface area (Å²) in [5.74, 6) is -1.44. The number of aliphatic hydroxyl groups is 1. The predicted octanol–water partition coefficient (Wildman–Crippen LogP) is 2.35. The Morgan fingerprint density at radius 1 is 1.25 bits per heavy atom. The van der Waals surface area contributed by atoms with Crippen LogP contribution in [0.5, 0.6) is 0 Å². The number of rotatable bonds is 6. The molecule has 1 aliphatic carbocycles. The molecule has 0 aliphatic heterocycles. The number of aliphatic hydroxyl groups excluding tert-OH is 1. The third-order valence-electron chi connectivity index (χ3n) is 5.39. The summed E-state index contributed by atoms with van der Waals surface area (Å²) in [6.45, 7) is 3.04. The van der Waals surface area contributed by atoms with Crippen molar-refractivity contribution in [3.8, 4) is 0 Å². The number of aromatic nitrogens is 1. The first kappa shape index (κ1) is 16.8. The number of carboxylic acids is 1. The topological polar surface area (TPSA) is 65.3 Å². The van der Waals surface area contributed by atoms with Gasteiger partial charge in [0.15, 0.2) is 0 Å². The van der Waals surface area contributed by atoms with Gasteiger partial charge >= 0.3 is 0 Å². The maximum absolute atomic E-state index is 11.2. The Bertz CT molecular complexity index is 713. The van der Waals surface area contributed by atoms with Crippen molar-refractivity contribution in [3.63, 3.8) is 0 Å². The zero-order chi connectivity index (χ0) is 17.2. The number of aliphatic carboxylic acids is 1. The molecule has 0 bridgehead atoms. The third-order valence-corrected chi connectivity index (χ3v) is 5.39. The van der Waals surface area contributed by atoms with Crippen LogP contribution in [0, 0.1) is 0 Å². The number of carbonyl (C=O) groups is 1. The molecule has 1 saturated carbocycles. The molecule has 2 aromatic rings. The summed E-state index contributed by atoms with van der Waals surface area (Å²) < 4.78 is 2.23. The van der Waals surface area contributed by atoms with Crippen LogP contribution in [0.25, 0.3) is 0 Å². The fourth-order valence-corrected chi connectivity index (χ4v) is 4.20. The van der Waals surface area contributed by atoms with Gasteiger partial charge in [0.05, 0.1) is 5.97 Å². The van der Waals surface area contributed by atoms with E-state index in [0.717, 1.165) is 44.2 Å². The smallest absolute Gasteiger partial charge is 0.119 e. The molecule has 3 rings (SSSR count). The van der Waals surface area contributed by atoms with E-state index in [1.165, 1.54) is 5.69 Å². The van der Waals surface area contributed by atoms with Gasteiger partial charge in [0.2, 0.25) is 0 Å². The van der Waals surface area contributed by atoms with E-state index in [1.807, 2.05) is 12.1 Å². The molecule has 1 aliphatic rings. The standard InChI is InChI=1S/C20H25NO3/c1-2-21-13-7-8-15(21)14-20(11-5-6-12-20)17-10-4-3-9-16(17)18(22)19(23)24/h3-4,7-10,13,18,22H,2,5-6,11-12,14H2,1H3,(H,23,24)/p-1. The molecule has 1 N–H and O–H groups in total. The minimum Gasteiger partial charge on any atom is -0.547 e. The van der Waals surface area contributed by atoms with Crippen molar-refractivity contribution in [2.24, 2.45) is 0 Å². The third kappa shape index (κ3) is 2.98. The van der Waals surface area contributed by atoms with Crippen molar-refractivity contribution in [3.05, 3.63) is 59.4 Å². The van der Waals surface area contributed by atoms with Gasteiger partial charge in [-0.2, -0.15) is 0 Å². The number of aryl methyl sites for hydroxylation is 1. The normalized spacial score (nSPS) is 17.8. The first-order valence-electron chi connectivity index (χ1n) is 8.70. The van der Waals surface area contributed by atoms with E-state index in [4.69, 9.17) is 0 Å². The first-order chi connectivity index (χ1) is 11.6. The lowest BCUT2D eigenvalue weighted by Crippen LogP contribution is -2.33. The Hall–Kier alpha value is -2.07. The van der Waals surface area contributed by atoms with E-state index >= 15 is 0 Å². The maximum atomic E-state index is 11.2. The SMILES string of the molecule is CCn1cccc1CC1(c2ccccc2C(O)C(=O)[O-])CCCC1. The second-order valence-electron chi connectivity index (χ2n) is 6.76. The van der Waals surface area contributed by atoms with Crippen molar-refractivity contribution >= 4 is 5.97 Å². The fourth-order valence-electron chi connectivity index (χ4n) is 4.20. The number of carboxylic acid groups (broad SMARTS) is 1. The highest BCUT2D eigenvalue weighted by molar-refractivity contribution is 5.72. The van der Waals surface area contributed by atoms with Gasteiger partial charge < -0.3 is 19.6 Å². The van der Waals surface area contributed by atoms with Crippen LogP contribution in [0.4, 0.5) is 0 Å². The summed E-state index contributed by atoms with van der Waals surface area (Å²) in [6.07, 6.45) is 5.66. The highest BCUT2D eigenvalue weighted by atomic mass is 16.4. The molecular weight excluding hydrogens is 302 g/mol. The molecule has 0 saturated heterocycles. The fraction of sp³-hybridized carbons (Fsp3) is 0.450. The molecule has 1 atom stereocenters. The Morgan fingerprint density at radius 3 is 2.62 bits per heavy atom. The molecule has 0 spiro atoms. The number of carbonyl (C=O) groups excluding carboxylic acids is 1. The monoisotopic (exact) mass is 326 g/mol. The minimum absolute atomic E-state index is 0.113. The molecule has 128 valence electrons. The van der Waals surface area contributed by atoms with Crippen molar-refractivity contribution < 1.29 is 15.0 Å². The molecule has 4 nitrogen and oxygen atoms in total. The van der Waals surface area contributed by atoms with E-state index in [0.29, 0.717) is 5.56 Å². The van der Waals surface area contributed by atoms with Crippen molar-refractivity contribution in [2.75, 3.05) is 0 Å². The van der Waals surface area contributed by atoms with Crippen LogP contribution in [-0.2, 0) is 23.2 Å². The number of benzene rings is 1. The molecule has 0 radical (unpaired) electrons. The van der Waals surface area contributed by atoms with Crippen molar-refractivity contribution in [2.45, 2.75) is 57.1 Å². The van der Waals surface area contributed by atoms with Gasteiger partial charge in [-0.15, -0.1) is 0 Å². The molecule has 1 aromatic carbocycles. The zero-order valence-corrected chi connectivity index (χ0v) is 14.1. The van der Waals surface area contributed by atoms with Crippen LogP contribution in [0.3, 0.4) is 0 Å². The number of hydrogen-bond donors (Lipinski definition) is 1. The molecule has 0 amide bonds. The van der Waals surface area contributed by atoms with Gasteiger partial charge in [-0.05, 0) is 49.4 Å². The van der Waals surface area contributed by atoms with E-state index in [-0.39, 0.29) is 5.41 Å². The van der Waals surface area contributed by atoms with Crippen molar-refractivity contribution in [1.29, 1.82) is 0 Å². The van der Waals surface area contributed by atoms with Crippen LogP contribution < -0.4 is 5.11 Å². The van der Waals surface area contributed by atoms with Crippen LogP contribution in [0.15, 0.2) is 42.6 Å². The Kier molecular flexibility index (Phi) is 4.76. The van der Waals surface area contributed by atoms with Gasteiger partial charge in [0.1, 0.15) is 6.10 Å². The number of nitrogens with zero attached hydrogens (tertiary/aromatic N) is 1. The van der Waals surface area contributed by atoms with Crippen LogP contribution in [-0.4, -0.2) is 15.6 Å². The van der Waals surface area contributed by atoms with E-state index < -0.39 is 12.1 Å². The van der Waals surface area contributed by atoms with Gasteiger partial charge in [-0.3, -0.25) is 0 Å². The highest BCUT2D eigenvalue weighted by Gasteiger charge is 2.38. The highest BCUT2D eigenvalue weighted by Crippen LogP contribution is 2.46. The summed E-state index contributed by atoms with van der Waals surface area (Å²) in [4.78, 5) is 11.2. The molecule has 4 heteroatoms. The maximum Gasteiger partial charge on any atom is 0.119 e. The van der Waals surface area contributed by atoms with Gasteiger partial charge in [0.25, 0.3) is 0 Å². The zero-order valence-electron chi connectivity index (χ0n) is 14.1. The summed E-state index contributed by atoms with van der Waals surface area (Å²) in [7, 11) is 0. The molecule has 1 aromatic heterocycles. The molecule has 1 fully saturated rings. The van der Waals surface area contributed by atoms with E-state index in [9.17, 15) is 15.0 Å². The van der Waals surface area contributed by atoms with E-state index in [1.54, 1.807) is 12.1 Å². The Labute approximate surface area is 142 Å². The van der Waals surface area contributed by atoms with Crippen molar-refractivity contribution in [1.82, 2.24) is 4.57 Å². The molecular formula is C20H24NO3-. The van der Waals surface area contributed by atoms with Crippen LogP contribution in [0.1, 0.15) is 55.5 Å². The molecule has 24 heavy (non-hydrogen) atoms. The largest absolute Gasteiger partial charge is 0.547 e. The Morgan fingerprint density at radius 2 is 1.96 bits per heavy atom. The lowest BCUT2D eigenvalue weighted by Gasteiger charge is -2.33. The summed E-state index contributed by atoms with van der Waals surface area (Å²) >= 11 is 0. The second-order valence-corrected chi connectivity index (χ2v) is 6.76. The van der Waals surface area contributed by atoms with Gasteiger partial charge in [-0.25, -0.2) is 0 Å².